The van der Waals surface area contributed by atoms with Crippen LogP contribution in [0.1, 0.15) is 16.7 Å². The van der Waals surface area contributed by atoms with Gasteiger partial charge in [0.05, 0.1) is 30.0 Å². The maximum Gasteiger partial charge on any atom is 0.420 e. The minimum Gasteiger partial charge on any atom is -0.493 e. The van der Waals surface area contributed by atoms with Crippen LogP contribution in [0.2, 0.25) is 0 Å². The average molecular weight is 295 g/mol. The molecule has 0 aliphatic carbocycles. The zero-order valence-corrected chi connectivity index (χ0v) is 11.2. The Bertz CT molecular complexity index is 671. The molecule has 0 unspecified atom stereocenters. The fourth-order valence-electron chi connectivity index (χ4n) is 1.83. The second-order valence-corrected chi connectivity index (χ2v) is 4.44. The van der Waals surface area contributed by atoms with E-state index >= 15 is 0 Å². The minimum absolute atomic E-state index is 0.0538. The molecular weight excluding hydrogens is 283 g/mol. The van der Waals surface area contributed by atoms with Crippen molar-refractivity contribution in [2.45, 2.75) is 12.6 Å². The molecule has 0 fully saturated rings. The molecule has 0 bridgehead atoms. The molecule has 21 heavy (non-hydrogen) atoms. The van der Waals surface area contributed by atoms with Crippen molar-refractivity contribution in [3.05, 3.63) is 47.3 Å². The standard InChI is InChI=1S/C14H12F3N3O/c1-20-9-11(8-19-20)4-5-21-13-3-2-10(7-18)6-12(13)14(15,16)17/h2-3,6,8-9H,4-5H2,1H3. The summed E-state index contributed by atoms with van der Waals surface area (Å²) in [7, 11) is 1.76. The topological polar surface area (TPSA) is 50.8 Å². The molecule has 0 radical (unpaired) electrons. The molecule has 0 N–H and O–H groups in total. The average Bonchev–Trinajstić information content (AvgIpc) is 2.83. The summed E-state index contributed by atoms with van der Waals surface area (Å²) in [6, 6.07) is 4.95. The molecule has 1 heterocycles. The fraction of sp³-hybridized carbons (Fsp3) is 0.286. The summed E-state index contributed by atoms with van der Waals surface area (Å²) >= 11 is 0. The van der Waals surface area contributed by atoms with Crippen molar-refractivity contribution < 1.29 is 17.9 Å². The number of aromatic nitrogens is 2. The first-order valence-corrected chi connectivity index (χ1v) is 6.12. The Hall–Kier alpha value is -2.49. The molecule has 0 aliphatic heterocycles. The summed E-state index contributed by atoms with van der Waals surface area (Å²) in [5, 5.41) is 12.6. The number of aryl methyl sites for hydroxylation is 1. The number of halogens is 3. The normalized spacial score (nSPS) is 11.2. The van der Waals surface area contributed by atoms with Crippen molar-refractivity contribution in [1.82, 2.24) is 9.78 Å². The number of ether oxygens (including phenoxy) is 1. The van der Waals surface area contributed by atoms with Gasteiger partial charge in [0.1, 0.15) is 5.75 Å². The molecule has 0 saturated heterocycles. The van der Waals surface area contributed by atoms with E-state index in [0.717, 1.165) is 11.6 Å². The molecule has 0 atom stereocenters. The number of hydrogen-bond donors (Lipinski definition) is 0. The van der Waals surface area contributed by atoms with Gasteiger partial charge in [-0.1, -0.05) is 0 Å². The lowest BCUT2D eigenvalue weighted by molar-refractivity contribution is -0.138. The molecule has 0 amide bonds. The number of hydrogen-bond acceptors (Lipinski definition) is 3. The number of alkyl halides is 3. The van der Waals surface area contributed by atoms with Crippen LogP contribution in [-0.4, -0.2) is 16.4 Å². The Kier molecular flexibility index (Phi) is 4.17. The molecule has 2 rings (SSSR count). The van der Waals surface area contributed by atoms with Crippen molar-refractivity contribution >= 4 is 0 Å². The number of rotatable bonds is 4. The Morgan fingerprint density at radius 3 is 2.71 bits per heavy atom. The lowest BCUT2D eigenvalue weighted by Gasteiger charge is -2.14. The Balaban J connectivity index is 2.10. The lowest BCUT2D eigenvalue weighted by Crippen LogP contribution is -2.10. The maximum atomic E-state index is 12.9. The second kappa shape index (κ2) is 5.87. The molecule has 0 spiro atoms. The highest BCUT2D eigenvalue weighted by Crippen LogP contribution is 2.36. The number of benzene rings is 1. The van der Waals surface area contributed by atoms with E-state index in [1.165, 1.54) is 12.1 Å². The van der Waals surface area contributed by atoms with Gasteiger partial charge in [0.25, 0.3) is 0 Å². The van der Waals surface area contributed by atoms with Crippen LogP contribution in [0.3, 0.4) is 0 Å². The van der Waals surface area contributed by atoms with E-state index in [2.05, 4.69) is 5.10 Å². The predicted molar refractivity (Wildman–Crippen MR) is 68.6 cm³/mol. The van der Waals surface area contributed by atoms with Crippen LogP contribution in [0, 0.1) is 11.3 Å². The van der Waals surface area contributed by atoms with E-state index in [1.807, 2.05) is 0 Å². The van der Waals surface area contributed by atoms with Crippen molar-refractivity contribution in [3.8, 4) is 11.8 Å². The van der Waals surface area contributed by atoms with Gasteiger partial charge >= 0.3 is 6.18 Å². The molecule has 2 aromatic rings. The summed E-state index contributed by atoms with van der Waals surface area (Å²) in [6.45, 7) is 0.0979. The molecule has 0 saturated carbocycles. The van der Waals surface area contributed by atoms with Gasteiger partial charge < -0.3 is 4.74 Å². The van der Waals surface area contributed by atoms with Crippen molar-refractivity contribution in [3.63, 3.8) is 0 Å². The minimum atomic E-state index is -4.56. The fourth-order valence-corrected chi connectivity index (χ4v) is 1.83. The van der Waals surface area contributed by atoms with Crippen LogP contribution in [0.4, 0.5) is 13.2 Å². The van der Waals surface area contributed by atoms with Crippen LogP contribution in [-0.2, 0) is 19.6 Å². The summed E-state index contributed by atoms with van der Waals surface area (Å²) in [4.78, 5) is 0. The van der Waals surface area contributed by atoms with Gasteiger partial charge in [-0.05, 0) is 23.8 Å². The van der Waals surface area contributed by atoms with Gasteiger partial charge in [-0.25, -0.2) is 0 Å². The highest BCUT2D eigenvalue weighted by molar-refractivity contribution is 5.43. The number of nitriles is 1. The predicted octanol–water partition coefficient (Wildman–Crippen LogP) is 2.93. The van der Waals surface area contributed by atoms with E-state index in [1.54, 1.807) is 30.2 Å². The van der Waals surface area contributed by atoms with Crippen LogP contribution in [0.5, 0.6) is 5.75 Å². The van der Waals surface area contributed by atoms with Crippen LogP contribution in [0.15, 0.2) is 30.6 Å². The van der Waals surface area contributed by atoms with Gasteiger partial charge in [0.2, 0.25) is 0 Å². The summed E-state index contributed by atoms with van der Waals surface area (Å²) < 4.78 is 45.6. The number of nitrogens with zero attached hydrogens (tertiary/aromatic N) is 3. The third-order valence-electron chi connectivity index (χ3n) is 2.82. The Morgan fingerprint density at radius 1 is 1.38 bits per heavy atom. The molecule has 0 aliphatic rings. The van der Waals surface area contributed by atoms with Crippen molar-refractivity contribution in [2.24, 2.45) is 7.05 Å². The monoisotopic (exact) mass is 295 g/mol. The zero-order chi connectivity index (χ0) is 15.5. The van der Waals surface area contributed by atoms with Gasteiger partial charge in [0.15, 0.2) is 0 Å². The second-order valence-electron chi connectivity index (χ2n) is 4.44. The van der Waals surface area contributed by atoms with Crippen LogP contribution in [0.25, 0.3) is 0 Å². The van der Waals surface area contributed by atoms with Crippen LogP contribution >= 0.6 is 0 Å². The molecule has 4 nitrogen and oxygen atoms in total. The first kappa shape index (κ1) is 14.9. The quantitative estimate of drug-likeness (QED) is 0.871. The van der Waals surface area contributed by atoms with E-state index < -0.39 is 11.7 Å². The SMILES string of the molecule is Cn1cc(CCOc2ccc(C#N)cc2C(F)(F)F)cn1. The highest BCUT2D eigenvalue weighted by Gasteiger charge is 2.34. The Morgan fingerprint density at radius 2 is 2.14 bits per heavy atom. The van der Waals surface area contributed by atoms with Crippen molar-refractivity contribution in [1.29, 1.82) is 5.26 Å². The van der Waals surface area contributed by atoms with E-state index in [-0.39, 0.29) is 17.9 Å². The molecule has 1 aromatic carbocycles. The Labute approximate surface area is 119 Å². The largest absolute Gasteiger partial charge is 0.493 e. The third-order valence-corrected chi connectivity index (χ3v) is 2.82. The maximum absolute atomic E-state index is 12.9. The van der Waals surface area contributed by atoms with Gasteiger partial charge in [0, 0.05) is 19.7 Å². The molecule has 1 aromatic heterocycles. The summed E-state index contributed by atoms with van der Waals surface area (Å²) in [5.41, 5.74) is -0.116. The first-order chi connectivity index (χ1) is 9.90. The van der Waals surface area contributed by atoms with Crippen LogP contribution < -0.4 is 4.74 Å². The third kappa shape index (κ3) is 3.75. The molecular formula is C14H12F3N3O. The van der Waals surface area contributed by atoms with Gasteiger partial charge in [-0.15, -0.1) is 0 Å². The van der Waals surface area contributed by atoms with Crippen molar-refractivity contribution in [2.75, 3.05) is 6.61 Å². The summed E-state index contributed by atoms with van der Waals surface area (Å²) in [5.74, 6) is -0.273. The van der Waals surface area contributed by atoms with Gasteiger partial charge in [-0.2, -0.15) is 23.5 Å². The van der Waals surface area contributed by atoms with E-state index in [9.17, 15) is 13.2 Å². The van der Waals surface area contributed by atoms with E-state index in [0.29, 0.717) is 6.42 Å². The lowest BCUT2D eigenvalue weighted by atomic mass is 10.1. The summed E-state index contributed by atoms with van der Waals surface area (Å²) in [6.07, 6.45) is -0.707. The first-order valence-electron chi connectivity index (χ1n) is 6.12. The highest BCUT2D eigenvalue weighted by atomic mass is 19.4. The smallest absolute Gasteiger partial charge is 0.420 e. The van der Waals surface area contributed by atoms with E-state index in [4.69, 9.17) is 10.00 Å². The molecule has 7 heteroatoms. The van der Waals surface area contributed by atoms with Gasteiger partial charge in [-0.3, -0.25) is 4.68 Å². The zero-order valence-electron chi connectivity index (χ0n) is 11.2. The molecule has 110 valence electrons.